The fraction of sp³-hybridized carbons (Fsp3) is 0.0857. The van der Waals surface area contributed by atoms with Crippen molar-refractivity contribution in [1.29, 1.82) is 0 Å². The van der Waals surface area contributed by atoms with Gasteiger partial charge in [-0.2, -0.15) is 0 Å². The minimum Gasteiger partial charge on any atom is -0.321 e. The molecule has 46 heavy (non-hydrogen) atoms. The van der Waals surface area contributed by atoms with Crippen LogP contribution in [0.2, 0.25) is 10.0 Å². The van der Waals surface area contributed by atoms with Gasteiger partial charge in [-0.25, -0.2) is 4.98 Å². The monoisotopic (exact) mass is 686 g/mol. The molecule has 0 radical (unpaired) electrons. The van der Waals surface area contributed by atoms with Gasteiger partial charge in [-0.3, -0.25) is 14.4 Å². The fourth-order valence-corrected chi connectivity index (χ4v) is 6.48. The maximum absolute atomic E-state index is 13.5. The molecule has 1 heterocycles. The van der Waals surface area contributed by atoms with Crippen LogP contribution in [-0.4, -0.2) is 28.0 Å². The molecule has 4 aromatic carbocycles. The molecule has 5 rings (SSSR count). The second-order valence-electron chi connectivity index (χ2n) is 10.2. The predicted octanol–water partition coefficient (Wildman–Crippen LogP) is 8.95. The number of carbonyl (C=O) groups is 3. The van der Waals surface area contributed by atoms with Gasteiger partial charge in [0, 0.05) is 32.1 Å². The zero-order chi connectivity index (χ0) is 32.6. The van der Waals surface area contributed by atoms with Crippen LogP contribution in [0.4, 0.5) is 10.8 Å². The van der Waals surface area contributed by atoms with E-state index in [2.05, 4.69) is 20.9 Å². The molecule has 1 aromatic heterocycles. The molecule has 232 valence electrons. The van der Waals surface area contributed by atoms with Crippen LogP contribution in [0.3, 0.4) is 0 Å². The van der Waals surface area contributed by atoms with Crippen molar-refractivity contribution in [3.63, 3.8) is 0 Å². The molecular weight excluding hydrogens is 659 g/mol. The van der Waals surface area contributed by atoms with E-state index >= 15 is 0 Å². The molecule has 0 aliphatic carbocycles. The molecule has 7 nitrogen and oxygen atoms in total. The summed E-state index contributed by atoms with van der Waals surface area (Å²) in [6.45, 7) is 3.74. The third-order valence-corrected chi connectivity index (χ3v) is 9.00. The fourth-order valence-electron chi connectivity index (χ4n) is 4.33. The first-order valence-electron chi connectivity index (χ1n) is 14.1. The lowest BCUT2D eigenvalue weighted by atomic mass is 10.1. The van der Waals surface area contributed by atoms with Crippen molar-refractivity contribution in [1.82, 2.24) is 10.3 Å². The Kier molecular flexibility index (Phi) is 10.9. The summed E-state index contributed by atoms with van der Waals surface area (Å²) in [5.74, 6) is -1.11. The normalized spacial score (nSPS) is 11.9. The van der Waals surface area contributed by atoms with Crippen molar-refractivity contribution in [2.75, 3.05) is 10.6 Å². The topological polar surface area (TPSA) is 100 Å². The highest BCUT2D eigenvalue weighted by molar-refractivity contribution is 8.00. The van der Waals surface area contributed by atoms with Crippen LogP contribution in [0.25, 0.3) is 17.3 Å². The highest BCUT2D eigenvalue weighted by Gasteiger charge is 2.19. The maximum Gasteiger partial charge on any atom is 0.272 e. The first-order chi connectivity index (χ1) is 22.1. The molecule has 1 atom stereocenters. The lowest BCUT2D eigenvalue weighted by Crippen LogP contribution is -2.30. The van der Waals surface area contributed by atoms with Crippen LogP contribution in [-0.2, 0) is 9.59 Å². The predicted molar refractivity (Wildman–Crippen MR) is 190 cm³/mol. The number of rotatable bonds is 10. The maximum atomic E-state index is 13.5. The third-order valence-electron chi connectivity index (χ3n) is 6.60. The summed E-state index contributed by atoms with van der Waals surface area (Å²) < 4.78 is 0. The number of hydrogen-bond donors (Lipinski definition) is 3. The quantitative estimate of drug-likeness (QED) is 0.101. The molecule has 0 aliphatic heterocycles. The summed E-state index contributed by atoms with van der Waals surface area (Å²) in [6.07, 6.45) is 1.64. The molecular formula is C35H28Cl2N4O3S2. The van der Waals surface area contributed by atoms with Gasteiger partial charge in [0.25, 0.3) is 11.8 Å². The molecule has 3 N–H and O–H groups in total. The SMILES string of the molecule is Cc1cccc(/C=C(/NC(=O)c2ccccc2)C(=O)Nc2cccc(SC(C)C(=O)Nc3nc(-c4ccc(Cl)cc4Cl)cs3)c2)c1. The van der Waals surface area contributed by atoms with E-state index in [0.717, 1.165) is 21.6 Å². The van der Waals surface area contributed by atoms with Gasteiger partial charge >= 0.3 is 0 Å². The van der Waals surface area contributed by atoms with E-state index < -0.39 is 17.1 Å². The van der Waals surface area contributed by atoms with E-state index in [1.165, 1.54) is 23.1 Å². The summed E-state index contributed by atoms with van der Waals surface area (Å²) in [5.41, 5.74) is 4.18. The number of aromatic nitrogens is 1. The van der Waals surface area contributed by atoms with Crippen molar-refractivity contribution in [2.24, 2.45) is 0 Å². The highest BCUT2D eigenvalue weighted by Crippen LogP contribution is 2.33. The smallest absolute Gasteiger partial charge is 0.272 e. The number of nitrogens with one attached hydrogen (secondary N) is 3. The van der Waals surface area contributed by atoms with Gasteiger partial charge in [0.05, 0.1) is 16.0 Å². The second kappa shape index (κ2) is 15.2. The number of amides is 3. The number of carbonyl (C=O) groups excluding carboxylic acids is 3. The molecule has 0 saturated carbocycles. The van der Waals surface area contributed by atoms with Crippen LogP contribution in [0.15, 0.2) is 113 Å². The van der Waals surface area contributed by atoms with Crippen molar-refractivity contribution in [3.05, 3.63) is 135 Å². The lowest BCUT2D eigenvalue weighted by molar-refractivity contribution is -0.115. The number of thiazole rings is 1. The van der Waals surface area contributed by atoms with Crippen LogP contribution in [0.1, 0.15) is 28.4 Å². The van der Waals surface area contributed by atoms with Gasteiger partial charge in [0.15, 0.2) is 5.13 Å². The van der Waals surface area contributed by atoms with E-state index in [1.54, 1.807) is 73.7 Å². The third kappa shape index (κ3) is 8.86. The van der Waals surface area contributed by atoms with Crippen molar-refractivity contribution >= 4 is 80.9 Å². The zero-order valence-electron chi connectivity index (χ0n) is 24.7. The van der Waals surface area contributed by atoms with Gasteiger partial charge in [0.2, 0.25) is 5.91 Å². The second-order valence-corrected chi connectivity index (χ2v) is 13.3. The molecule has 0 fully saturated rings. The Morgan fingerprint density at radius 3 is 2.43 bits per heavy atom. The van der Waals surface area contributed by atoms with Gasteiger partial charge in [0.1, 0.15) is 5.70 Å². The van der Waals surface area contributed by atoms with Gasteiger partial charge in [-0.15, -0.1) is 23.1 Å². The molecule has 1 unspecified atom stereocenters. The first kappa shape index (κ1) is 33.0. The Labute approximate surface area is 285 Å². The average Bonchev–Trinajstić information content (AvgIpc) is 3.49. The Morgan fingerprint density at radius 2 is 1.67 bits per heavy atom. The number of aryl methyl sites for hydroxylation is 1. The minimum atomic E-state index is -0.487. The summed E-state index contributed by atoms with van der Waals surface area (Å²) >= 11 is 14.9. The Hall–Kier alpha value is -4.41. The first-order valence-corrected chi connectivity index (χ1v) is 16.6. The summed E-state index contributed by atoms with van der Waals surface area (Å²) in [4.78, 5) is 44.7. The summed E-state index contributed by atoms with van der Waals surface area (Å²) in [5, 5.41) is 11.3. The number of nitrogens with zero attached hydrogens (tertiary/aromatic N) is 1. The molecule has 3 amide bonds. The molecule has 5 aromatic rings. The Morgan fingerprint density at radius 1 is 0.891 bits per heavy atom. The van der Waals surface area contributed by atoms with Gasteiger partial charge in [-0.05, 0) is 74.0 Å². The Balaban J connectivity index is 1.25. The zero-order valence-corrected chi connectivity index (χ0v) is 27.9. The van der Waals surface area contributed by atoms with Gasteiger partial charge in [-0.1, -0.05) is 77.3 Å². The minimum absolute atomic E-state index is 0.0907. The van der Waals surface area contributed by atoms with Crippen LogP contribution in [0, 0.1) is 6.92 Å². The molecule has 0 aliphatic rings. The number of hydrogen-bond acceptors (Lipinski definition) is 6. The van der Waals surface area contributed by atoms with Crippen molar-refractivity contribution in [2.45, 2.75) is 24.0 Å². The summed E-state index contributed by atoms with van der Waals surface area (Å²) in [6, 6.07) is 28.6. The van der Waals surface area contributed by atoms with Crippen LogP contribution in [0.5, 0.6) is 0 Å². The van der Waals surface area contributed by atoms with E-state index in [0.29, 0.717) is 32.1 Å². The highest BCUT2D eigenvalue weighted by atomic mass is 35.5. The molecule has 11 heteroatoms. The number of benzene rings is 4. The Bertz CT molecular complexity index is 1930. The largest absolute Gasteiger partial charge is 0.321 e. The average molecular weight is 688 g/mol. The number of thioether (sulfide) groups is 1. The lowest BCUT2D eigenvalue weighted by Gasteiger charge is -2.14. The van der Waals surface area contributed by atoms with Crippen LogP contribution < -0.4 is 16.0 Å². The van der Waals surface area contributed by atoms with E-state index in [9.17, 15) is 14.4 Å². The van der Waals surface area contributed by atoms with E-state index in [4.69, 9.17) is 23.2 Å². The summed E-state index contributed by atoms with van der Waals surface area (Å²) in [7, 11) is 0. The number of anilines is 2. The van der Waals surface area contributed by atoms with E-state index in [-0.39, 0.29) is 11.6 Å². The van der Waals surface area contributed by atoms with Crippen molar-refractivity contribution < 1.29 is 14.4 Å². The molecule has 0 spiro atoms. The van der Waals surface area contributed by atoms with Crippen molar-refractivity contribution in [3.8, 4) is 11.3 Å². The molecule has 0 saturated heterocycles. The molecule has 0 bridgehead atoms. The van der Waals surface area contributed by atoms with E-state index in [1.807, 2.05) is 48.7 Å². The standard InChI is InChI=1S/C35H28Cl2N4O3S2/c1-21-8-6-9-23(16-21)17-30(39-33(43)24-10-4-3-5-11-24)34(44)38-26-12-7-13-27(19-26)46-22(2)32(42)41-35-40-31(20-45-35)28-15-14-25(36)18-29(28)37/h3-20,22H,1-2H3,(H,38,44)(H,39,43)(H,40,41,42)/b30-17+. The number of halogens is 2. The van der Waals surface area contributed by atoms with Crippen LogP contribution >= 0.6 is 46.3 Å². The van der Waals surface area contributed by atoms with Gasteiger partial charge < -0.3 is 16.0 Å².